The van der Waals surface area contributed by atoms with Gasteiger partial charge in [-0.25, -0.2) is 0 Å². The van der Waals surface area contributed by atoms with E-state index in [9.17, 15) is 46.4 Å². The maximum Gasteiger partial charge on any atom is 0.471 e. The number of carbonyl (C=O) groups excluding carboxylic acids is 4. The van der Waals surface area contributed by atoms with Gasteiger partial charge in [-0.1, -0.05) is 6.42 Å². The van der Waals surface area contributed by atoms with E-state index in [1.807, 2.05) is 6.07 Å². The van der Waals surface area contributed by atoms with Gasteiger partial charge in [-0.2, -0.15) is 27.2 Å². The second-order valence-corrected chi connectivity index (χ2v) is 9.46. The van der Waals surface area contributed by atoms with Crippen molar-refractivity contribution >= 4 is 23.6 Å². The lowest BCUT2D eigenvalue weighted by Gasteiger charge is -2.31. The fraction of sp³-hybridized carbons (Fsp3) is 0.773. The SMILES string of the molecule is N#C[C@H](C[C@@H]1CCCNC1=O)NC(=O)[C@@H]1[C@H]2CCC[C@H]2CN1C(=O)[C@H](COC(F)F)NC(=O)C(F)(F)F. The third kappa shape index (κ3) is 7.06. The average Bonchev–Trinajstić information content (AvgIpc) is 3.42. The lowest BCUT2D eigenvalue weighted by molar-refractivity contribution is -0.178. The Labute approximate surface area is 209 Å². The highest BCUT2D eigenvalue weighted by Gasteiger charge is 2.51. The van der Waals surface area contributed by atoms with E-state index in [2.05, 4.69) is 15.4 Å². The highest BCUT2D eigenvalue weighted by Crippen LogP contribution is 2.42. The Hall–Kier alpha value is -3.02. The Balaban J connectivity index is 1.77. The van der Waals surface area contributed by atoms with Crippen molar-refractivity contribution in [2.24, 2.45) is 17.8 Å². The molecule has 3 N–H and O–H groups in total. The zero-order valence-corrected chi connectivity index (χ0v) is 19.7. The van der Waals surface area contributed by atoms with E-state index in [0.717, 1.165) is 11.3 Å². The minimum atomic E-state index is -5.38. The topological polar surface area (TPSA) is 141 Å². The van der Waals surface area contributed by atoms with Gasteiger partial charge in [0.05, 0.1) is 12.7 Å². The Bertz CT molecular complexity index is 927. The third-order valence-corrected chi connectivity index (χ3v) is 7.08. The van der Waals surface area contributed by atoms with Crippen LogP contribution in [0.3, 0.4) is 0 Å². The van der Waals surface area contributed by atoms with Crippen molar-refractivity contribution in [2.75, 3.05) is 19.7 Å². The number of nitrogens with one attached hydrogen (secondary N) is 3. The number of nitrogens with zero attached hydrogens (tertiary/aromatic N) is 2. The first-order valence-electron chi connectivity index (χ1n) is 12.0. The van der Waals surface area contributed by atoms with Crippen LogP contribution >= 0.6 is 0 Å². The van der Waals surface area contributed by atoms with Gasteiger partial charge in [-0.05, 0) is 43.9 Å². The fourth-order valence-corrected chi connectivity index (χ4v) is 5.40. The number of fused-ring (bicyclic) bond motifs is 1. The normalized spacial score (nSPS) is 27.2. The number of ether oxygens (including phenoxy) is 1. The first-order chi connectivity index (χ1) is 17.4. The van der Waals surface area contributed by atoms with Crippen LogP contribution in [0.1, 0.15) is 38.5 Å². The van der Waals surface area contributed by atoms with Crippen molar-refractivity contribution in [3.05, 3.63) is 0 Å². The Kier molecular flexibility index (Phi) is 9.27. The van der Waals surface area contributed by atoms with Gasteiger partial charge in [0.2, 0.25) is 17.7 Å². The molecule has 1 aliphatic carbocycles. The van der Waals surface area contributed by atoms with E-state index >= 15 is 0 Å². The van der Waals surface area contributed by atoms with Crippen molar-refractivity contribution in [3.63, 3.8) is 0 Å². The zero-order chi connectivity index (χ0) is 27.3. The quantitative estimate of drug-likeness (QED) is 0.372. The Morgan fingerprint density at radius 2 is 1.89 bits per heavy atom. The molecule has 4 amide bonds. The number of alkyl halides is 5. The van der Waals surface area contributed by atoms with E-state index in [1.54, 1.807) is 0 Å². The summed E-state index contributed by atoms with van der Waals surface area (Å²) in [5.41, 5.74) is 0. The Morgan fingerprint density at radius 1 is 1.16 bits per heavy atom. The largest absolute Gasteiger partial charge is 0.471 e. The number of rotatable bonds is 9. The highest BCUT2D eigenvalue weighted by molar-refractivity contribution is 5.94. The first kappa shape index (κ1) is 28.5. The molecule has 206 valence electrons. The third-order valence-electron chi connectivity index (χ3n) is 7.08. The van der Waals surface area contributed by atoms with Gasteiger partial charge in [0, 0.05) is 19.0 Å². The van der Waals surface area contributed by atoms with Crippen molar-refractivity contribution in [3.8, 4) is 6.07 Å². The molecule has 6 atom stereocenters. The van der Waals surface area contributed by atoms with E-state index in [0.29, 0.717) is 32.2 Å². The average molecular weight is 537 g/mol. The summed E-state index contributed by atoms with van der Waals surface area (Å²) in [6.07, 6.45) is -2.19. The monoisotopic (exact) mass is 537 g/mol. The number of hydrogen-bond acceptors (Lipinski definition) is 6. The molecule has 0 aromatic heterocycles. The predicted molar refractivity (Wildman–Crippen MR) is 114 cm³/mol. The number of nitriles is 1. The number of likely N-dealkylation sites (tertiary alicyclic amines) is 1. The molecule has 2 aliphatic heterocycles. The van der Waals surface area contributed by atoms with Gasteiger partial charge in [-0.15, -0.1) is 0 Å². The van der Waals surface area contributed by atoms with Crippen LogP contribution in [0.2, 0.25) is 0 Å². The molecule has 2 saturated heterocycles. The van der Waals surface area contributed by atoms with Gasteiger partial charge in [0.15, 0.2) is 0 Å². The van der Waals surface area contributed by atoms with Crippen molar-refractivity contribution in [2.45, 2.75) is 69.4 Å². The van der Waals surface area contributed by atoms with Gasteiger partial charge in [0.1, 0.15) is 18.1 Å². The van der Waals surface area contributed by atoms with Gasteiger partial charge in [-0.3, -0.25) is 19.2 Å². The molecule has 10 nitrogen and oxygen atoms in total. The second kappa shape index (κ2) is 12.0. The van der Waals surface area contributed by atoms with Crippen molar-refractivity contribution < 1.29 is 45.9 Å². The number of piperidine rings is 1. The molecule has 0 bridgehead atoms. The fourth-order valence-electron chi connectivity index (χ4n) is 5.40. The molecule has 15 heteroatoms. The van der Waals surface area contributed by atoms with Crippen LogP contribution in [0.4, 0.5) is 22.0 Å². The van der Waals surface area contributed by atoms with E-state index in [-0.39, 0.29) is 30.7 Å². The minimum Gasteiger partial charge on any atom is -0.356 e. The molecule has 3 aliphatic rings. The number of halogens is 5. The molecule has 1 saturated carbocycles. The van der Waals surface area contributed by atoms with Crippen LogP contribution in [0.25, 0.3) is 0 Å². The Morgan fingerprint density at radius 3 is 2.51 bits per heavy atom. The number of carbonyl (C=O) groups is 4. The number of hydrogen-bond donors (Lipinski definition) is 3. The summed E-state index contributed by atoms with van der Waals surface area (Å²) >= 11 is 0. The van der Waals surface area contributed by atoms with Crippen LogP contribution in [0, 0.1) is 29.1 Å². The first-order valence-corrected chi connectivity index (χ1v) is 12.0. The summed E-state index contributed by atoms with van der Waals surface area (Å²) in [6, 6.07) is -2.45. The molecule has 0 unspecified atom stereocenters. The van der Waals surface area contributed by atoms with Crippen LogP contribution in [-0.4, -0.2) is 79.1 Å². The summed E-state index contributed by atoms with van der Waals surface area (Å²) in [6.45, 7) is -4.17. The molecule has 0 radical (unpaired) electrons. The minimum absolute atomic E-state index is 0.0308. The molecule has 3 fully saturated rings. The smallest absolute Gasteiger partial charge is 0.356 e. The maximum atomic E-state index is 13.3. The summed E-state index contributed by atoms with van der Waals surface area (Å²) in [5.74, 6) is -5.69. The maximum absolute atomic E-state index is 13.3. The number of amides is 4. The summed E-state index contributed by atoms with van der Waals surface area (Å²) in [4.78, 5) is 51.0. The molecule has 0 aromatic rings. The highest BCUT2D eigenvalue weighted by atomic mass is 19.4. The van der Waals surface area contributed by atoms with E-state index < -0.39 is 61.2 Å². The molecule has 3 rings (SSSR count). The predicted octanol–water partition coefficient (Wildman–Crippen LogP) is 0.824. The summed E-state index contributed by atoms with van der Waals surface area (Å²) < 4.78 is 67.6. The molecule has 37 heavy (non-hydrogen) atoms. The summed E-state index contributed by atoms with van der Waals surface area (Å²) in [7, 11) is 0. The van der Waals surface area contributed by atoms with Crippen molar-refractivity contribution in [1.29, 1.82) is 5.26 Å². The second-order valence-electron chi connectivity index (χ2n) is 9.46. The van der Waals surface area contributed by atoms with Gasteiger partial charge in [0.25, 0.3) is 0 Å². The standard InChI is InChI=1S/C22H28F5N5O5/c23-21(24)37-10-15(31-20(36)22(25,26)27)19(35)32-9-12-3-1-5-14(12)16(32)18(34)30-13(8-28)7-11-4-2-6-29-17(11)33/h11-16,21H,1-7,9-10H2,(H,29,33)(H,30,34)(H,31,36)/t11-,12-,13-,14-,15-,16-/m0/s1. The van der Waals surface area contributed by atoms with Gasteiger partial charge < -0.3 is 25.6 Å². The van der Waals surface area contributed by atoms with Crippen LogP contribution in [-0.2, 0) is 23.9 Å². The zero-order valence-electron chi connectivity index (χ0n) is 19.7. The van der Waals surface area contributed by atoms with Crippen LogP contribution in [0.15, 0.2) is 0 Å². The molecule has 0 spiro atoms. The lowest BCUT2D eigenvalue weighted by atomic mass is 9.91. The molecule has 2 heterocycles. The van der Waals surface area contributed by atoms with E-state index in [4.69, 9.17) is 0 Å². The van der Waals surface area contributed by atoms with Crippen molar-refractivity contribution in [1.82, 2.24) is 20.9 Å². The molecule has 0 aromatic carbocycles. The summed E-state index contributed by atoms with van der Waals surface area (Å²) in [5, 5.41) is 16.2. The van der Waals surface area contributed by atoms with Crippen LogP contribution < -0.4 is 16.0 Å². The lowest BCUT2D eigenvalue weighted by Crippen LogP contribution is -2.58. The molecular weight excluding hydrogens is 509 g/mol. The van der Waals surface area contributed by atoms with E-state index in [1.165, 1.54) is 5.32 Å². The van der Waals surface area contributed by atoms with Crippen LogP contribution in [0.5, 0.6) is 0 Å². The van der Waals surface area contributed by atoms with Gasteiger partial charge >= 0.3 is 18.7 Å². The molecular formula is C22H28F5N5O5.